The van der Waals surface area contributed by atoms with E-state index < -0.39 is 12.1 Å². The molecule has 0 aromatic heterocycles. The lowest BCUT2D eigenvalue weighted by atomic mass is 10.3. The van der Waals surface area contributed by atoms with Crippen molar-refractivity contribution in [2.75, 3.05) is 5.01 Å². The SMILES string of the molecule is CC(ON1C=CN(c2ccc(Cl)cc2Cl)N1)C(=O)O. The summed E-state index contributed by atoms with van der Waals surface area (Å²) in [6, 6.07) is 5.03. The van der Waals surface area contributed by atoms with E-state index in [-0.39, 0.29) is 0 Å². The Labute approximate surface area is 119 Å². The molecule has 1 atom stereocenters. The van der Waals surface area contributed by atoms with Gasteiger partial charge in [-0.05, 0) is 25.1 Å². The summed E-state index contributed by atoms with van der Waals surface area (Å²) in [7, 11) is 0. The summed E-state index contributed by atoms with van der Waals surface area (Å²) in [5.41, 5.74) is 3.46. The second kappa shape index (κ2) is 5.66. The first-order valence-electron chi connectivity index (χ1n) is 5.35. The number of carboxylic acid groups (broad SMARTS) is 1. The molecular formula is C11H11Cl2N3O3. The molecule has 1 heterocycles. The van der Waals surface area contributed by atoms with Crippen LogP contribution in [0.15, 0.2) is 30.6 Å². The lowest BCUT2D eigenvalue weighted by Gasteiger charge is -2.23. The maximum absolute atomic E-state index is 10.7. The van der Waals surface area contributed by atoms with E-state index in [0.29, 0.717) is 15.7 Å². The third-order valence-corrected chi connectivity index (χ3v) is 2.88. The van der Waals surface area contributed by atoms with Crippen LogP contribution in [0.4, 0.5) is 5.69 Å². The molecule has 1 aromatic carbocycles. The van der Waals surface area contributed by atoms with E-state index in [2.05, 4.69) is 5.53 Å². The van der Waals surface area contributed by atoms with Gasteiger partial charge < -0.3 is 5.11 Å². The fourth-order valence-electron chi connectivity index (χ4n) is 1.39. The van der Waals surface area contributed by atoms with Crippen LogP contribution in [0.3, 0.4) is 0 Å². The van der Waals surface area contributed by atoms with Crippen LogP contribution in [0.1, 0.15) is 6.92 Å². The van der Waals surface area contributed by atoms with Crippen LogP contribution in [0.2, 0.25) is 10.0 Å². The Hall–Kier alpha value is -1.47. The molecule has 1 aliphatic heterocycles. The molecule has 0 saturated carbocycles. The fraction of sp³-hybridized carbons (Fsp3) is 0.182. The van der Waals surface area contributed by atoms with Gasteiger partial charge in [0.15, 0.2) is 6.10 Å². The van der Waals surface area contributed by atoms with Crippen molar-refractivity contribution in [1.29, 1.82) is 0 Å². The van der Waals surface area contributed by atoms with Gasteiger partial charge in [-0.15, -0.1) is 5.53 Å². The van der Waals surface area contributed by atoms with Crippen LogP contribution in [-0.4, -0.2) is 22.4 Å². The zero-order valence-electron chi connectivity index (χ0n) is 9.88. The Morgan fingerprint density at radius 1 is 1.42 bits per heavy atom. The van der Waals surface area contributed by atoms with Gasteiger partial charge in [0.05, 0.1) is 16.9 Å². The second-order valence-electron chi connectivity index (χ2n) is 3.78. The summed E-state index contributed by atoms with van der Waals surface area (Å²) >= 11 is 11.9. The van der Waals surface area contributed by atoms with Crippen LogP contribution in [0, 0.1) is 0 Å². The zero-order chi connectivity index (χ0) is 14.0. The average molecular weight is 304 g/mol. The molecule has 6 nitrogen and oxygen atoms in total. The lowest BCUT2D eigenvalue weighted by molar-refractivity contribution is -0.201. The molecule has 102 valence electrons. The largest absolute Gasteiger partial charge is 0.479 e. The topological polar surface area (TPSA) is 65.0 Å². The Morgan fingerprint density at radius 2 is 2.16 bits per heavy atom. The fourth-order valence-corrected chi connectivity index (χ4v) is 1.88. The maximum Gasteiger partial charge on any atom is 0.335 e. The van der Waals surface area contributed by atoms with E-state index in [1.807, 2.05) is 0 Å². The van der Waals surface area contributed by atoms with Gasteiger partial charge in [0.1, 0.15) is 0 Å². The number of carboxylic acids is 1. The number of hydrazine groups is 2. The number of aliphatic carboxylic acids is 1. The van der Waals surface area contributed by atoms with Crippen molar-refractivity contribution in [3.05, 3.63) is 40.6 Å². The number of hydrogen-bond donors (Lipinski definition) is 2. The van der Waals surface area contributed by atoms with Gasteiger partial charge in [-0.2, -0.15) is 5.17 Å². The van der Waals surface area contributed by atoms with Gasteiger partial charge >= 0.3 is 5.97 Å². The number of nitrogens with one attached hydrogen (secondary N) is 1. The highest BCUT2D eigenvalue weighted by Gasteiger charge is 2.21. The molecule has 2 rings (SSSR count). The van der Waals surface area contributed by atoms with E-state index >= 15 is 0 Å². The van der Waals surface area contributed by atoms with Gasteiger partial charge in [-0.1, -0.05) is 23.2 Å². The number of hydroxylamine groups is 1. The summed E-state index contributed by atoms with van der Waals surface area (Å²) in [5, 5.41) is 12.5. The summed E-state index contributed by atoms with van der Waals surface area (Å²) in [6.07, 6.45) is 2.20. The highest BCUT2D eigenvalue weighted by atomic mass is 35.5. The van der Waals surface area contributed by atoms with E-state index in [4.69, 9.17) is 33.1 Å². The molecule has 1 aliphatic rings. The third-order valence-electron chi connectivity index (χ3n) is 2.35. The van der Waals surface area contributed by atoms with Crippen LogP contribution >= 0.6 is 23.2 Å². The van der Waals surface area contributed by atoms with E-state index in [0.717, 1.165) is 0 Å². The minimum atomic E-state index is -1.06. The molecule has 2 N–H and O–H groups in total. The van der Waals surface area contributed by atoms with Crippen LogP contribution < -0.4 is 10.5 Å². The highest BCUT2D eigenvalue weighted by Crippen LogP contribution is 2.29. The number of rotatable bonds is 4. The van der Waals surface area contributed by atoms with Crippen LogP contribution in [-0.2, 0) is 9.63 Å². The zero-order valence-corrected chi connectivity index (χ0v) is 11.4. The number of halogens is 2. The molecule has 0 spiro atoms. The standard InChI is InChI=1S/C11H11Cl2N3O3/c1-7(11(17)18)19-16-5-4-15(14-16)10-3-2-8(12)6-9(10)13/h2-7,14H,1H3,(H,17,18). The molecule has 0 amide bonds. The Morgan fingerprint density at radius 3 is 2.79 bits per heavy atom. The molecule has 0 fully saturated rings. The maximum atomic E-state index is 10.7. The highest BCUT2D eigenvalue weighted by molar-refractivity contribution is 6.36. The van der Waals surface area contributed by atoms with E-state index in [9.17, 15) is 4.79 Å². The summed E-state index contributed by atoms with van der Waals surface area (Å²) < 4.78 is 0. The van der Waals surface area contributed by atoms with Crippen molar-refractivity contribution in [1.82, 2.24) is 10.7 Å². The van der Waals surface area contributed by atoms with Gasteiger partial charge in [-0.3, -0.25) is 5.01 Å². The summed E-state index contributed by atoms with van der Waals surface area (Å²) in [5.74, 6) is -1.06. The molecule has 1 aromatic rings. The van der Waals surface area contributed by atoms with Crippen molar-refractivity contribution in [2.24, 2.45) is 0 Å². The van der Waals surface area contributed by atoms with Crippen molar-refractivity contribution in [3.63, 3.8) is 0 Å². The minimum absolute atomic E-state index is 0.456. The van der Waals surface area contributed by atoms with Gasteiger partial charge in [-0.25, -0.2) is 9.63 Å². The average Bonchev–Trinajstić information content (AvgIpc) is 2.77. The summed E-state index contributed by atoms with van der Waals surface area (Å²) in [6.45, 7) is 1.43. The van der Waals surface area contributed by atoms with Crippen molar-refractivity contribution in [3.8, 4) is 0 Å². The Bertz CT molecular complexity index is 524. The molecule has 0 aliphatic carbocycles. The number of anilines is 1. The van der Waals surface area contributed by atoms with Gasteiger partial charge in [0.25, 0.3) is 0 Å². The van der Waals surface area contributed by atoms with Crippen molar-refractivity contribution >= 4 is 34.9 Å². The Balaban J connectivity index is 2.03. The first kappa shape index (κ1) is 14.0. The van der Waals surface area contributed by atoms with Gasteiger partial charge in [0, 0.05) is 11.2 Å². The first-order chi connectivity index (χ1) is 8.97. The van der Waals surface area contributed by atoms with Gasteiger partial charge in [0.2, 0.25) is 0 Å². The third kappa shape index (κ3) is 3.30. The monoisotopic (exact) mass is 303 g/mol. The first-order valence-corrected chi connectivity index (χ1v) is 6.10. The molecule has 8 heteroatoms. The number of hydrogen-bond acceptors (Lipinski definition) is 5. The second-order valence-corrected chi connectivity index (χ2v) is 4.62. The lowest BCUT2D eigenvalue weighted by Crippen LogP contribution is -2.42. The van der Waals surface area contributed by atoms with Crippen LogP contribution in [0.5, 0.6) is 0 Å². The molecule has 19 heavy (non-hydrogen) atoms. The molecule has 0 saturated heterocycles. The molecule has 0 bridgehead atoms. The van der Waals surface area contributed by atoms with Crippen molar-refractivity contribution in [2.45, 2.75) is 13.0 Å². The summed E-state index contributed by atoms with van der Waals surface area (Å²) in [4.78, 5) is 15.8. The van der Waals surface area contributed by atoms with E-state index in [1.54, 1.807) is 29.4 Å². The Kier molecular flexibility index (Phi) is 4.16. The normalized spacial score (nSPS) is 15.9. The molecule has 1 unspecified atom stereocenters. The number of nitrogens with zero attached hydrogens (tertiary/aromatic N) is 2. The minimum Gasteiger partial charge on any atom is -0.479 e. The number of carbonyl (C=O) groups is 1. The van der Waals surface area contributed by atoms with Crippen LogP contribution in [0.25, 0.3) is 0 Å². The predicted octanol–water partition coefficient (Wildman–Crippen LogP) is 2.41. The molecule has 0 radical (unpaired) electrons. The van der Waals surface area contributed by atoms with E-state index in [1.165, 1.54) is 18.3 Å². The smallest absolute Gasteiger partial charge is 0.335 e. The predicted molar refractivity (Wildman–Crippen MR) is 71.2 cm³/mol. The quantitative estimate of drug-likeness (QED) is 0.890. The molecular weight excluding hydrogens is 293 g/mol. The van der Waals surface area contributed by atoms with Crippen molar-refractivity contribution < 1.29 is 14.7 Å². The number of benzene rings is 1.